The first-order valence-corrected chi connectivity index (χ1v) is 13.4. The smallest absolute Gasteiger partial charge is 0.425 e. The molecule has 1 aliphatic carbocycles. The number of fused-ring (bicyclic) bond motifs is 1. The fourth-order valence-corrected chi connectivity index (χ4v) is 4.35. The molecule has 0 unspecified atom stereocenters. The van der Waals surface area contributed by atoms with E-state index in [1.54, 1.807) is 0 Å². The van der Waals surface area contributed by atoms with Crippen LogP contribution in [0.25, 0.3) is 11.0 Å². The fraction of sp³-hybridized carbons (Fsp3) is 0.556. The number of aromatic nitrogens is 5. The molecule has 1 aliphatic rings. The Kier molecular flexibility index (Phi) is 8.49. The summed E-state index contributed by atoms with van der Waals surface area (Å²) in [7, 11) is 0. The quantitative estimate of drug-likeness (QED) is 0.321. The molecular weight excluding hydrogens is 599 g/mol. The summed E-state index contributed by atoms with van der Waals surface area (Å²) < 4.78 is 86.5. The molecule has 0 bridgehead atoms. The first-order valence-electron chi connectivity index (χ1n) is 13.4. The molecule has 44 heavy (non-hydrogen) atoms. The van der Waals surface area contributed by atoms with E-state index in [-0.39, 0.29) is 17.5 Å². The molecule has 4 rings (SSSR count). The number of aliphatic hydroxyl groups excluding tert-OH is 1. The molecule has 1 N–H and O–H groups in total. The molecule has 0 aromatic carbocycles. The number of alkyl halides is 5. The van der Waals surface area contributed by atoms with Crippen LogP contribution in [-0.4, -0.2) is 65.3 Å². The highest BCUT2D eigenvalue weighted by atomic mass is 19.4. The Morgan fingerprint density at radius 3 is 2.20 bits per heavy atom. The number of pyridine rings is 1. The lowest BCUT2D eigenvalue weighted by atomic mass is 9.89. The van der Waals surface area contributed by atoms with Gasteiger partial charge in [0.15, 0.2) is 11.5 Å². The molecule has 3 aromatic heterocycles. The molecule has 240 valence electrons. The van der Waals surface area contributed by atoms with Gasteiger partial charge < -0.3 is 19.3 Å². The average molecular weight is 631 g/mol. The molecule has 3 aromatic rings. The van der Waals surface area contributed by atoms with Crippen molar-refractivity contribution in [2.45, 2.75) is 96.3 Å². The number of rotatable bonds is 4. The number of halogens is 5. The van der Waals surface area contributed by atoms with E-state index in [9.17, 15) is 36.6 Å². The average Bonchev–Trinajstić information content (AvgIpc) is 3.22. The van der Waals surface area contributed by atoms with Crippen molar-refractivity contribution in [2.24, 2.45) is 0 Å². The van der Waals surface area contributed by atoms with E-state index in [4.69, 9.17) is 14.2 Å². The molecule has 1 saturated carbocycles. The van der Waals surface area contributed by atoms with Crippen molar-refractivity contribution in [3.05, 3.63) is 30.2 Å². The molecule has 2 amide bonds. The number of hydrogen-bond donors (Lipinski definition) is 1. The van der Waals surface area contributed by atoms with Gasteiger partial charge in [-0.2, -0.15) is 18.1 Å². The molecule has 0 saturated heterocycles. The zero-order valence-corrected chi connectivity index (χ0v) is 24.6. The van der Waals surface area contributed by atoms with Crippen LogP contribution in [0.1, 0.15) is 72.4 Å². The predicted octanol–water partition coefficient (Wildman–Crippen LogP) is 6.43. The van der Waals surface area contributed by atoms with Gasteiger partial charge in [-0.1, -0.05) is 0 Å². The molecule has 3 heterocycles. The SMILES string of the molecule is CC(C)(C)OC(=O)N(C(=O)OC(C)(C)C)c1ncnc2c1c(Oc1cc(C(F)(F)F)ccn1)nn2[C@@H]1CC(F)(F)CC[C@H]1O. The largest absolute Gasteiger partial charge is 0.443 e. The summed E-state index contributed by atoms with van der Waals surface area (Å²) in [4.78, 5) is 39.1. The van der Waals surface area contributed by atoms with Gasteiger partial charge >= 0.3 is 18.4 Å². The zero-order valence-electron chi connectivity index (χ0n) is 24.6. The van der Waals surface area contributed by atoms with Crippen molar-refractivity contribution in [1.82, 2.24) is 24.7 Å². The van der Waals surface area contributed by atoms with Crippen LogP contribution in [0, 0.1) is 0 Å². The van der Waals surface area contributed by atoms with Gasteiger partial charge in [0.05, 0.1) is 17.7 Å². The van der Waals surface area contributed by atoms with Gasteiger partial charge in [0.1, 0.15) is 22.9 Å². The third-order valence-electron chi connectivity index (χ3n) is 6.14. The molecule has 12 nitrogen and oxygen atoms in total. The third kappa shape index (κ3) is 7.49. The van der Waals surface area contributed by atoms with Crippen molar-refractivity contribution in [3.63, 3.8) is 0 Å². The highest BCUT2D eigenvalue weighted by Gasteiger charge is 2.44. The number of nitrogens with zero attached hydrogens (tertiary/aromatic N) is 6. The molecular formula is C27H31F5N6O6. The molecule has 0 spiro atoms. The third-order valence-corrected chi connectivity index (χ3v) is 6.14. The summed E-state index contributed by atoms with van der Waals surface area (Å²) in [6.07, 6.45) is -8.64. The number of hydrogen-bond acceptors (Lipinski definition) is 10. The maximum atomic E-state index is 14.5. The minimum atomic E-state index is -4.77. The summed E-state index contributed by atoms with van der Waals surface area (Å²) in [5.74, 6) is -4.94. The highest BCUT2D eigenvalue weighted by molar-refractivity contribution is 6.14. The van der Waals surface area contributed by atoms with Gasteiger partial charge in [0.25, 0.3) is 5.88 Å². The lowest BCUT2D eigenvalue weighted by Crippen LogP contribution is -2.44. The van der Waals surface area contributed by atoms with Crippen molar-refractivity contribution < 1.29 is 50.9 Å². The van der Waals surface area contributed by atoms with Crippen LogP contribution >= 0.6 is 0 Å². The lowest BCUT2D eigenvalue weighted by molar-refractivity contribution is -0.137. The van der Waals surface area contributed by atoms with Crippen LogP contribution in [0.15, 0.2) is 24.7 Å². The van der Waals surface area contributed by atoms with Crippen molar-refractivity contribution in [1.29, 1.82) is 0 Å². The molecule has 2 atom stereocenters. The number of anilines is 1. The van der Waals surface area contributed by atoms with Crippen molar-refractivity contribution in [3.8, 4) is 11.8 Å². The number of ether oxygens (including phenoxy) is 3. The number of aliphatic hydroxyl groups is 1. The topological polar surface area (TPSA) is 142 Å². The molecule has 0 aliphatic heterocycles. The van der Waals surface area contributed by atoms with Crippen molar-refractivity contribution >= 4 is 29.0 Å². The van der Waals surface area contributed by atoms with E-state index in [1.165, 1.54) is 41.5 Å². The summed E-state index contributed by atoms with van der Waals surface area (Å²) in [6.45, 7) is 9.19. The van der Waals surface area contributed by atoms with Crippen LogP contribution in [0.3, 0.4) is 0 Å². The molecule has 0 radical (unpaired) electrons. The van der Waals surface area contributed by atoms with E-state index in [1.807, 2.05) is 0 Å². The van der Waals surface area contributed by atoms with Crippen LogP contribution in [0.2, 0.25) is 0 Å². The Morgan fingerprint density at radius 2 is 1.64 bits per heavy atom. The second kappa shape index (κ2) is 11.4. The Morgan fingerprint density at radius 1 is 1.02 bits per heavy atom. The second-order valence-corrected chi connectivity index (χ2v) is 12.2. The monoisotopic (exact) mass is 630 g/mol. The van der Waals surface area contributed by atoms with Crippen LogP contribution in [0.5, 0.6) is 11.8 Å². The van der Waals surface area contributed by atoms with Gasteiger partial charge in [-0.05, 0) is 54.0 Å². The Labute approximate surface area is 248 Å². The summed E-state index contributed by atoms with van der Waals surface area (Å²) in [6, 6.07) is -0.115. The van der Waals surface area contributed by atoms with Gasteiger partial charge in [-0.25, -0.2) is 38.0 Å². The normalized spacial score (nSPS) is 19.0. The Hall–Kier alpha value is -4.15. The van der Waals surface area contributed by atoms with Gasteiger partial charge in [-0.15, -0.1) is 5.10 Å². The zero-order chi connectivity index (χ0) is 32.8. The minimum Gasteiger partial charge on any atom is -0.443 e. The lowest BCUT2D eigenvalue weighted by Gasteiger charge is -2.33. The maximum Gasteiger partial charge on any atom is 0.425 e. The second-order valence-electron chi connectivity index (χ2n) is 12.2. The van der Waals surface area contributed by atoms with Crippen LogP contribution < -0.4 is 9.64 Å². The van der Waals surface area contributed by atoms with E-state index < -0.39 is 83.6 Å². The van der Waals surface area contributed by atoms with Crippen molar-refractivity contribution in [2.75, 3.05) is 4.90 Å². The highest BCUT2D eigenvalue weighted by Crippen LogP contribution is 2.43. The first-order chi connectivity index (χ1) is 20.2. The Balaban J connectivity index is 1.97. The number of carbonyl (C=O) groups excluding carboxylic acids is 2. The van der Waals surface area contributed by atoms with E-state index in [0.29, 0.717) is 17.0 Å². The molecule has 1 fully saturated rings. The van der Waals surface area contributed by atoms with Gasteiger partial charge in [0, 0.05) is 25.1 Å². The van der Waals surface area contributed by atoms with E-state index in [0.717, 1.165) is 17.2 Å². The standard InChI is InChI=1S/C27H31F5N6O6/c1-24(2,3)43-22(40)37(23(41)44-25(4,5)6)19-18-20(35-13-34-19)38(15-12-26(28,29)9-7-16(15)39)36-21(18)42-17-11-14(8-10-33-17)27(30,31)32/h8,10-11,13,15-16,39H,7,9,12H2,1-6H3/t15-,16-/m1/s1. The van der Waals surface area contributed by atoms with Gasteiger partial charge in [0.2, 0.25) is 11.8 Å². The molecule has 17 heteroatoms. The van der Waals surface area contributed by atoms with E-state index in [2.05, 4.69) is 20.1 Å². The summed E-state index contributed by atoms with van der Waals surface area (Å²) in [5, 5.41) is 14.5. The maximum absolute atomic E-state index is 14.5. The predicted molar refractivity (Wildman–Crippen MR) is 143 cm³/mol. The van der Waals surface area contributed by atoms with E-state index >= 15 is 0 Å². The van der Waals surface area contributed by atoms with Crippen LogP contribution in [-0.2, 0) is 15.7 Å². The summed E-state index contributed by atoms with van der Waals surface area (Å²) in [5.41, 5.74) is -3.63. The fourth-order valence-electron chi connectivity index (χ4n) is 4.35. The summed E-state index contributed by atoms with van der Waals surface area (Å²) >= 11 is 0. The van der Waals surface area contributed by atoms with Gasteiger partial charge in [-0.3, -0.25) is 0 Å². The number of carbonyl (C=O) groups is 2. The number of amides is 2. The number of imide groups is 1. The first kappa shape index (κ1) is 32.8. The Bertz CT molecular complexity index is 1520. The van der Waals surface area contributed by atoms with Crippen LogP contribution in [0.4, 0.5) is 37.4 Å². The minimum absolute atomic E-state index is 0.282.